The molecule has 1 rings (SSSR count). The first kappa shape index (κ1) is 12.4. The van der Waals surface area contributed by atoms with E-state index < -0.39 is 0 Å². The number of likely N-dealkylation sites (N-methyl/N-ethyl adjacent to an activating group) is 1. The fraction of sp³-hybridized carbons (Fsp3) is 0.455. The molecule has 0 bridgehead atoms. The van der Waals surface area contributed by atoms with Gasteiger partial charge in [-0.15, -0.1) is 0 Å². The van der Waals surface area contributed by atoms with Crippen LogP contribution >= 0.6 is 0 Å². The van der Waals surface area contributed by atoms with Crippen molar-refractivity contribution in [2.75, 3.05) is 32.2 Å². The van der Waals surface area contributed by atoms with Gasteiger partial charge in [-0.2, -0.15) is 0 Å². The Balaban J connectivity index is 2.98. The zero-order valence-electron chi connectivity index (χ0n) is 9.77. The van der Waals surface area contributed by atoms with Crippen molar-refractivity contribution in [3.8, 4) is 0 Å². The second kappa shape index (κ2) is 5.46. The summed E-state index contributed by atoms with van der Waals surface area (Å²) in [5.74, 6) is 0. The smallest absolute Gasteiger partial charge is 0.292 e. The Morgan fingerprint density at radius 3 is 2.75 bits per heavy atom. The van der Waals surface area contributed by atoms with Crippen molar-refractivity contribution in [2.24, 2.45) is 0 Å². The number of methoxy groups -OCH3 is 1. The minimum atomic E-state index is -0.356. The number of nitro benzene ring substituents is 1. The summed E-state index contributed by atoms with van der Waals surface area (Å²) in [6, 6.07) is 5.22. The molecule has 0 radical (unpaired) electrons. The largest absolute Gasteiger partial charge is 0.383 e. The van der Waals surface area contributed by atoms with E-state index in [1.165, 1.54) is 0 Å². The number of benzene rings is 1. The second-order valence-corrected chi connectivity index (χ2v) is 3.66. The van der Waals surface area contributed by atoms with Crippen LogP contribution in [0.3, 0.4) is 0 Å². The normalized spacial score (nSPS) is 10.2. The molecule has 0 amide bonds. The third-order valence-electron chi connectivity index (χ3n) is 2.37. The lowest BCUT2D eigenvalue weighted by atomic mass is 10.2. The Bertz CT molecular complexity index is 379. The Morgan fingerprint density at radius 1 is 1.50 bits per heavy atom. The van der Waals surface area contributed by atoms with Gasteiger partial charge in [0, 0.05) is 26.8 Å². The summed E-state index contributed by atoms with van der Waals surface area (Å²) in [5.41, 5.74) is 1.64. The van der Waals surface area contributed by atoms with Crippen LogP contribution in [0.1, 0.15) is 5.56 Å². The molecule has 88 valence electrons. The van der Waals surface area contributed by atoms with Gasteiger partial charge in [0.2, 0.25) is 0 Å². The number of anilines is 1. The van der Waals surface area contributed by atoms with E-state index in [-0.39, 0.29) is 10.6 Å². The molecule has 0 aromatic heterocycles. The van der Waals surface area contributed by atoms with Crippen molar-refractivity contribution in [3.63, 3.8) is 0 Å². The van der Waals surface area contributed by atoms with Crippen LogP contribution < -0.4 is 4.90 Å². The molecule has 1 aromatic rings. The summed E-state index contributed by atoms with van der Waals surface area (Å²) in [5, 5.41) is 10.9. The maximum atomic E-state index is 10.9. The first-order chi connectivity index (χ1) is 7.56. The summed E-state index contributed by atoms with van der Waals surface area (Å²) >= 11 is 0. The molecule has 0 aliphatic carbocycles. The number of hydrogen-bond donors (Lipinski definition) is 0. The summed E-state index contributed by atoms with van der Waals surface area (Å²) in [4.78, 5) is 12.4. The van der Waals surface area contributed by atoms with E-state index in [2.05, 4.69) is 0 Å². The second-order valence-electron chi connectivity index (χ2n) is 3.66. The van der Waals surface area contributed by atoms with E-state index in [0.717, 1.165) is 5.56 Å². The number of aryl methyl sites for hydroxylation is 1. The van der Waals surface area contributed by atoms with E-state index >= 15 is 0 Å². The lowest BCUT2D eigenvalue weighted by Crippen LogP contribution is -2.22. The third kappa shape index (κ3) is 2.93. The van der Waals surface area contributed by atoms with Crippen molar-refractivity contribution in [1.82, 2.24) is 0 Å². The van der Waals surface area contributed by atoms with Gasteiger partial charge in [-0.05, 0) is 18.6 Å². The summed E-state index contributed by atoms with van der Waals surface area (Å²) in [6.45, 7) is 3.01. The molecule has 0 unspecified atom stereocenters. The summed E-state index contributed by atoms with van der Waals surface area (Å²) in [6.07, 6.45) is 0. The molecule has 0 N–H and O–H groups in total. The lowest BCUT2D eigenvalue weighted by molar-refractivity contribution is -0.384. The minimum absolute atomic E-state index is 0.138. The highest BCUT2D eigenvalue weighted by Crippen LogP contribution is 2.27. The molecule has 0 spiro atoms. The highest BCUT2D eigenvalue weighted by Gasteiger charge is 2.16. The zero-order valence-corrected chi connectivity index (χ0v) is 9.77. The lowest BCUT2D eigenvalue weighted by Gasteiger charge is -2.18. The number of nitro groups is 1. The molecule has 0 atom stereocenters. The van der Waals surface area contributed by atoms with Crippen molar-refractivity contribution in [3.05, 3.63) is 33.9 Å². The van der Waals surface area contributed by atoms with E-state index in [1.807, 2.05) is 24.9 Å². The van der Waals surface area contributed by atoms with Crippen LogP contribution in [-0.2, 0) is 4.74 Å². The van der Waals surface area contributed by atoms with Crippen molar-refractivity contribution < 1.29 is 9.66 Å². The molecule has 0 heterocycles. The van der Waals surface area contributed by atoms with Gasteiger partial charge in [0.05, 0.1) is 11.5 Å². The standard InChI is InChI=1S/C11H16N2O3/c1-9-4-5-10(11(8-9)13(14)15)12(2)6-7-16-3/h4-5,8H,6-7H2,1-3H3. The molecule has 0 fully saturated rings. The van der Waals surface area contributed by atoms with Crippen LogP contribution in [0.25, 0.3) is 0 Å². The van der Waals surface area contributed by atoms with Gasteiger partial charge in [-0.3, -0.25) is 10.1 Å². The van der Waals surface area contributed by atoms with Gasteiger partial charge >= 0.3 is 0 Å². The quantitative estimate of drug-likeness (QED) is 0.567. The molecule has 0 saturated carbocycles. The Kier molecular flexibility index (Phi) is 4.25. The van der Waals surface area contributed by atoms with Gasteiger partial charge in [0.25, 0.3) is 5.69 Å². The van der Waals surface area contributed by atoms with Crippen LogP contribution in [0.2, 0.25) is 0 Å². The van der Waals surface area contributed by atoms with E-state index in [4.69, 9.17) is 4.74 Å². The summed E-state index contributed by atoms with van der Waals surface area (Å²) in [7, 11) is 3.42. The first-order valence-electron chi connectivity index (χ1n) is 5.01. The van der Waals surface area contributed by atoms with Crippen LogP contribution in [-0.4, -0.2) is 32.2 Å². The molecule has 1 aromatic carbocycles. The summed E-state index contributed by atoms with van der Waals surface area (Å²) < 4.78 is 4.95. The Labute approximate surface area is 94.8 Å². The Morgan fingerprint density at radius 2 is 2.19 bits per heavy atom. The van der Waals surface area contributed by atoms with Crippen LogP contribution in [0.5, 0.6) is 0 Å². The maximum absolute atomic E-state index is 10.9. The van der Waals surface area contributed by atoms with Crippen LogP contribution in [0, 0.1) is 17.0 Å². The number of rotatable bonds is 5. The monoisotopic (exact) mass is 224 g/mol. The third-order valence-corrected chi connectivity index (χ3v) is 2.37. The number of nitrogens with zero attached hydrogens (tertiary/aromatic N) is 2. The highest BCUT2D eigenvalue weighted by molar-refractivity contribution is 5.63. The highest BCUT2D eigenvalue weighted by atomic mass is 16.6. The molecule has 16 heavy (non-hydrogen) atoms. The molecule has 5 nitrogen and oxygen atoms in total. The van der Waals surface area contributed by atoms with Crippen LogP contribution in [0.4, 0.5) is 11.4 Å². The van der Waals surface area contributed by atoms with Gasteiger partial charge in [-0.25, -0.2) is 0 Å². The van der Waals surface area contributed by atoms with Gasteiger partial charge in [-0.1, -0.05) is 6.07 Å². The van der Waals surface area contributed by atoms with Crippen molar-refractivity contribution in [2.45, 2.75) is 6.92 Å². The topological polar surface area (TPSA) is 55.6 Å². The van der Waals surface area contributed by atoms with Gasteiger partial charge in [0.1, 0.15) is 5.69 Å². The van der Waals surface area contributed by atoms with Crippen molar-refractivity contribution in [1.29, 1.82) is 0 Å². The van der Waals surface area contributed by atoms with E-state index in [9.17, 15) is 10.1 Å². The number of ether oxygens (including phenoxy) is 1. The Hall–Kier alpha value is -1.62. The fourth-order valence-corrected chi connectivity index (χ4v) is 1.45. The molecular formula is C11H16N2O3. The van der Waals surface area contributed by atoms with E-state index in [0.29, 0.717) is 18.8 Å². The van der Waals surface area contributed by atoms with Gasteiger partial charge < -0.3 is 9.64 Å². The molecule has 0 aliphatic heterocycles. The minimum Gasteiger partial charge on any atom is -0.383 e. The molecule has 0 saturated heterocycles. The zero-order chi connectivity index (χ0) is 12.1. The first-order valence-corrected chi connectivity index (χ1v) is 5.01. The van der Waals surface area contributed by atoms with Crippen molar-refractivity contribution >= 4 is 11.4 Å². The fourth-order valence-electron chi connectivity index (χ4n) is 1.45. The average molecular weight is 224 g/mol. The molecule has 0 aliphatic rings. The average Bonchev–Trinajstić information content (AvgIpc) is 2.25. The predicted molar refractivity (Wildman–Crippen MR) is 63.0 cm³/mol. The van der Waals surface area contributed by atoms with Crippen LogP contribution in [0.15, 0.2) is 18.2 Å². The predicted octanol–water partition coefficient (Wildman–Crippen LogP) is 1.99. The number of hydrogen-bond acceptors (Lipinski definition) is 4. The molecule has 5 heteroatoms. The van der Waals surface area contributed by atoms with Gasteiger partial charge in [0.15, 0.2) is 0 Å². The van der Waals surface area contributed by atoms with E-state index in [1.54, 1.807) is 19.2 Å². The molecular weight excluding hydrogens is 208 g/mol. The SMILES string of the molecule is COCCN(C)c1ccc(C)cc1[N+](=O)[O-]. The maximum Gasteiger partial charge on any atom is 0.292 e.